The number of amides is 3. The molecule has 0 saturated carbocycles. The van der Waals surface area contributed by atoms with Gasteiger partial charge in [-0.3, -0.25) is 9.69 Å². The van der Waals surface area contributed by atoms with Crippen molar-refractivity contribution in [3.05, 3.63) is 38.0 Å². The highest BCUT2D eigenvalue weighted by molar-refractivity contribution is 5.96. The first-order chi connectivity index (χ1) is 8.53. The predicted molar refractivity (Wildman–Crippen MR) is 65.3 cm³/mol. The van der Waals surface area contributed by atoms with Crippen LogP contribution in [0.25, 0.3) is 0 Å². The molecule has 0 radical (unpaired) electrons. The van der Waals surface area contributed by atoms with Crippen molar-refractivity contribution in [2.45, 2.75) is 0 Å². The molecule has 0 N–H and O–H groups in total. The van der Waals surface area contributed by atoms with Crippen LogP contribution in [0, 0.1) is 0 Å². The molecule has 6 heteroatoms. The van der Waals surface area contributed by atoms with Crippen molar-refractivity contribution < 1.29 is 19.0 Å². The summed E-state index contributed by atoms with van der Waals surface area (Å²) in [4.78, 5) is 37.1. The summed E-state index contributed by atoms with van der Waals surface area (Å²) in [5.41, 5.74) is 0. The van der Waals surface area contributed by atoms with Crippen LogP contribution in [0.2, 0.25) is 0 Å². The molecule has 1 aliphatic heterocycles. The Balaban J connectivity index is 3.05. The van der Waals surface area contributed by atoms with E-state index in [2.05, 4.69) is 19.7 Å². The highest BCUT2D eigenvalue weighted by Crippen LogP contribution is 2.03. The lowest BCUT2D eigenvalue weighted by Gasteiger charge is -2.26. The molecule has 0 spiro atoms. The maximum absolute atomic E-state index is 11.5. The second kappa shape index (κ2) is 5.72. The standard InChI is InChI=1S/C12H14N3O3/c1-4-10(16)13-7-14(11(17)5-2)9-15(8-13)12(18)6-3/h4-7H,1-3,8-9H2/q+1. The highest BCUT2D eigenvalue weighted by Gasteiger charge is 2.31. The lowest BCUT2D eigenvalue weighted by atomic mass is 10.4. The Bertz CT molecular complexity index is 465. The molecule has 0 fully saturated rings. The minimum absolute atomic E-state index is 0.0522. The number of carbonyl (C=O) groups is 3. The molecule has 0 aliphatic carbocycles. The molecule has 0 saturated heterocycles. The fourth-order valence-electron chi connectivity index (χ4n) is 1.41. The third kappa shape index (κ3) is 2.79. The zero-order valence-corrected chi connectivity index (χ0v) is 9.91. The van der Waals surface area contributed by atoms with Crippen molar-refractivity contribution in [3.8, 4) is 0 Å². The number of nitrogens with zero attached hydrogens (tertiary/aromatic N) is 3. The summed E-state index contributed by atoms with van der Waals surface area (Å²) in [6.07, 6.45) is 4.67. The zero-order valence-electron chi connectivity index (χ0n) is 9.91. The van der Waals surface area contributed by atoms with E-state index in [0.29, 0.717) is 0 Å². The molecule has 0 bridgehead atoms. The van der Waals surface area contributed by atoms with Crippen LogP contribution in [-0.4, -0.2) is 51.8 Å². The number of hydrogen-bond acceptors (Lipinski definition) is 3. The summed E-state index contributed by atoms with van der Waals surface area (Å²) in [7, 11) is 0. The molecule has 0 aromatic carbocycles. The number of hydrogen-bond donors (Lipinski definition) is 0. The second-order valence-electron chi connectivity index (χ2n) is 3.50. The lowest BCUT2D eigenvalue weighted by Crippen LogP contribution is -2.53. The SMILES string of the molecule is C=CC(=O)N1C=[N+](C(=O)C=C)CN(C(=O)C=C)C1. The first kappa shape index (κ1) is 13.6. The van der Waals surface area contributed by atoms with E-state index in [4.69, 9.17) is 0 Å². The van der Waals surface area contributed by atoms with Crippen molar-refractivity contribution in [2.75, 3.05) is 13.3 Å². The fourth-order valence-corrected chi connectivity index (χ4v) is 1.41. The average Bonchev–Trinajstić information content (AvgIpc) is 2.43. The van der Waals surface area contributed by atoms with Crippen LogP contribution < -0.4 is 0 Å². The van der Waals surface area contributed by atoms with E-state index < -0.39 is 11.8 Å². The average molecular weight is 248 g/mol. The zero-order chi connectivity index (χ0) is 13.7. The molecule has 0 aromatic heterocycles. The summed E-state index contributed by atoms with van der Waals surface area (Å²) in [5.74, 6) is -1.18. The Labute approximate surface area is 105 Å². The maximum Gasteiger partial charge on any atom is 0.334 e. The van der Waals surface area contributed by atoms with Crippen molar-refractivity contribution in [1.29, 1.82) is 0 Å². The topological polar surface area (TPSA) is 60.7 Å². The van der Waals surface area contributed by atoms with Gasteiger partial charge in [0.2, 0.25) is 0 Å². The van der Waals surface area contributed by atoms with Gasteiger partial charge in [-0.2, -0.15) is 9.48 Å². The Morgan fingerprint density at radius 1 is 1.06 bits per heavy atom. The molecule has 1 aliphatic rings. The lowest BCUT2D eigenvalue weighted by molar-refractivity contribution is -0.471. The Kier molecular flexibility index (Phi) is 4.31. The van der Waals surface area contributed by atoms with E-state index in [1.54, 1.807) is 0 Å². The Morgan fingerprint density at radius 3 is 2.17 bits per heavy atom. The molecule has 0 atom stereocenters. The van der Waals surface area contributed by atoms with Gasteiger partial charge in [0, 0.05) is 12.2 Å². The normalized spacial score (nSPS) is 14.6. The van der Waals surface area contributed by atoms with Crippen LogP contribution in [0.15, 0.2) is 38.0 Å². The van der Waals surface area contributed by atoms with Crippen molar-refractivity contribution in [3.63, 3.8) is 0 Å². The van der Waals surface area contributed by atoms with Crippen LogP contribution in [0.5, 0.6) is 0 Å². The first-order valence-corrected chi connectivity index (χ1v) is 5.16. The summed E-state index contributed by atoms with van der Waals surface area (Å²) in [6.45, 7) is 10.2. The van der Waals surface area contributed by atoms with E-state index >= 15 is 0 Å². The van der Waals surface area contributed by atoms with Gasteiger partial charge < -0.3 is 0 Å². The van der Waals surface area contributed by atoms with Crippen LogP contribution in [0.4, 0.5) is 0 Å². The van der Waals surface area contributed by atoms with E-state index in [1.165, 1.54) is 20.7 Å². The van der Waals surface area contributed by atoms with E-state index in [9.17, 15) is 14.4 Å². The van der Waals surface area contributed by atoms with Gasteiger partial charge in [-0.25, -0.2) is 9.59 Å². The van der Waals surface area contributed by atoms with Crippen LogP contribution >= 0.6 is 0 Å². The molecular formula is C12H14N3O3+. The quantitative estimate of drug-likeness (QED) is 0.509. The van der Waals surface area contributed by atoms with E-state index in [-0.39, 0.29) is 19.2 Å². The minimum atomic E-state index is -0.404. The van der Waals surface area contributed by atoms with Crippen molar-refractivity contribution in [1.82, 2.24) is 9.80 Å². The Morgan fingerprint density at radius 2 is 1.67 bits per heavy atom. The van der Waals surface area contributed by atoms with Crippen LogP contribution in [0.1, 0.15) is 0 Å². The molecule has 0 unspecified atom stereocenters. The van der Waals surface area contributed by atoms with Gasteiger partial charge in [0.25, 0.3) is 12.2 Å². The minimum Gasteiger partial charge on any atom is -0.270 e. The summed E-state index contributed by atoms with van der Waals surface area (Å²) in [5, 5.41) is 0. The second-order valence-corrected chi connectivity index (χ2v) is 3.50. The van der Waals surface area contributed by atoms with Gasteiger partial charge in [0.15, 0.2) is 13.3 Å². The Hall–Kier alpha value is -2.50. The molecule has 1 rings (SSSR count). The van der Waals surface area contributed by atoms with Crippen LogP contribution in [-0.2, 0) is 14.4 Å². The van der Waals surface area contributed by atoms with Gasteiger partial charge in [0.05, 0.1) is 0 Å². The molecular weight excluding hydrogens is 234 g/mol. The third-order valence-electron chi connectivity index (χ3n) is 2.33. The van der Waals surface area contributed by atoms with Gasteiger partial charge in [-0.1, -0.05) is 19.7 Å². The molecule has 1 heterocycles. The number of rotatable bonds is 3. The summed E-state index contributed by atoms with van der Waals surface area (Å²) >= 11 is 0. The van der Waals surface area contributed by atoms with Crippen LogP contribution in [0.3, 0.4) is 0 Å². The first-order valence-electron chi connectivity index (χ1n) is 5.16. The number of carbonyl (C=O) groups excluding carboxylic acids is 3. The molecule has 0 aromatic rings. The monoisotopic (exact) mass is 248 g/mol. The predicted octanol–water partition coefficient (Wildman–Crippen LogP) is -0.302. The fraction of sp³-hybridized carbons (Fsp3) is 0.167. The third-order valence-corrected chi connectivity index (χ3v) is 2.33. The highest BCUT2D eigenvalue weighted by atomic mass is 16.2. The molecule has 94 valence electrons. The maximum atomic E-state index is 11.5. The van der Waals surface area contributed by atoms with Crippen molar-refractivity contribution >= 4 is 24.1 Å². The van der Waals surface area contributed by atoms with E-state index in [1.807, 2.05) is 0 Å². The smallest absolute Gasteiger partial charge is 0.270 e. The van der Waals surface area contributed by atoms with Gasteiger partial charge in [-0.05, 0) is 6.08 Å². The summed E-state index contributed by atoms with van der Waals surface area (Å²) in [6, 6.07) is 0. The van der Waals surface area contributed by atoms with Crippen molar-refractivity contribution in [2.24, 2.45) is 0 Å². The van der Waals surface area contributed by atoms with E-state index in [0.717, 1.165) is 18.2 Å². The largest absolute Gasteiger partial charge is 0.334 e. The molecule has 3 amide bonds. The van der Waals surface area contributed by atoms with Gasteiger partial charge in [0.1, 0.15) is 0 Å². The summed E-state index contributed by atoms with van der Waals surface area (Å²) < 4.78 is 1.21. The molecule has 18 heavy (non-hydrogen) atoms. The molecule has 6 nitrogen and oxygen atoms in total. The van der Waals surface area contributed by atoms with Gasteiger partial charge >= 0.3 is 11.8 Å². The van der Waals surface area contributed by atoms with Gasteiger partial charge in [-0.15, -0.1) is 0 Å².